The zero-order chi connectivity index (χ0) is 14.2. The van der Waals surface area contributed by atoms with Gasteiger partial charge >= 0.3 is 0 Å². The number of phenolic OH excluding ortho intramolecular Hbond substituents is 1. The van der Waals surface area contributed by atoms with E-state index in [-0.39, 0.29) is 5.75 Å². The van der Waals surface area contributed by atoms with Gasteiger partial charge in [-0.15, -0.1) is 0 Å². The molecule has 3 aromatic heterocycles. The van der Waals surface area contributed by atoms with Gasteiger partial charge in [-0.1, -0.05) is 12.1 Å². The summed E-state index contributed by atoms with van der Waals surface area (Å²) in [6, 6.07) is 9.20. The fraction of sp³-hybridized carbons (Fsp3) is 0. The average Bonchev–Trinajstić information content (AvgIpc) is 3.17. The van der Waals surface area contributed by atoms with Crippen molar-refractivity contribution in [3.05, 3.63) is 55.2 Å². The van der Waals surface area contributed by atoms with Crippen molar-refractivity contribution in [1.82, 2.24) is 19.9 Å². The van der Waals surface area contributed by atoms with Gasteiger partial charge in [0.2, 0.25) is 0 Å². The first kappa shape index (κ1) is 11.7. The molecule has 0 amide bonds. The largest absolute Gasteiger partial charge is 0.508 e. The van der Waals surface area contributed by atoms with Crippen molar-refractivity contribution >= 4 is 11.0 Å². The van der Waals surface area contributed by atoms with Gasteiger partial charge in [-0.3, -0.25) is 0 Å². The number of pyridine rings is 1. The Morgan fingerprint density at radius 3 is 2.57 bits per heavy atom. The normalized spacial score (nSPS) is 11.0. The van der Waals surface area contributed by atoms with E-state index < -0.39 is 0 Å². The average molecular weight is 276 g/mol. The maximum Gasteiger partial charge on any atom is 0.137 e. The molecule has 3 N–H and O–H groups in total. The van der Waals surface area contributed by atoms with Crippen LogP contribution in [0.1, 0.15) is 0 Å². The Morgan fingerprint density at radius 2 is 1.81 bits per heavy atom. The molecule has 3 heterocycles. The second kappa shape index (κ2) is 4.49. The van der Waals surface area contributed by atoms with Crippen molar-refractivity contribution in [2.75, 3.05) is 0 Å². The predicted molar refractivity (Wildman–Crippen MR) is 80.8 cm³/mol. The van der Waals surface area contributed by atoms with Crippen molar-refractivity contribution in [3.63, 3.8) is 0 Å². The molecule has 1 aromatic carbocycles. The van der Waals surface area contributed by atoms with E-state index in [4.69, 9.17) is 0 Å². The Kier molecular flexibility index (Phi) is 2.50. The van der Waals surface area contributed by atoms with Crippen LogP contribution in [0.4, 0.5) is 0 Å². The number of aromatic amines is 2. The van der Waals surface area contributed by atoms with Gasteiger partial charge in [-0.05, 0) is 23.8 Å². The molecule has 4 aromatic rings. The number of rotatable bonds is 2. The molecule has 102 valence electrons. The van der Waals surface area contributed by atoms with Gasteiger partial charge in [0.25, 0.3) is 0 Å². The van der Waals surface area contributed by atoms with Crippen molar-refractivity contribution < 1.29 is 5.11 Å². The molecule has 0 aliphatic carbocycles. The summed E-state index contributed by atoms with van der Waals surface area (Å²) in [5, 5.41) is 10.4. The third kappa shape index (κ3) is 1.95. The van der Waals surface area contributed by atoms with Gasteiger partial charge in [0, 0.05) is 35.1 Å². The van der Waals surface area contributed by atoms with Gasteiger partial charge < -0.3 is 15.1 Å². The van der Waals surface area contributed by atoms with Crippen LogP contribution in [0, 0.1) is 0 Å². The zero-order valence-electron chi connectivity index (χ0n) is 11.0. The van der Waals surface area contributed by atoms with Crippen molar-refractivity contribution in [2.24, 2.45) is 0 Å². The molecule has 0 bridgehead atoms. The van der Waals surface area contributed by atoms with Gasteiger partial charge in [0.05, 0.1) is 12.0 Å². The third-order valence-corrected chi connectivity index (χ3v) is 3.50. The first-order chi connectivity index (χ1) is 10.3. The minimum absolute atomic E-state index is 0.258. The molecule has 4 rings (SSSR count). The highest BCUT2D eigenvalue weighted by Gasteiger charge is 2.09. The third-order valence-electron chi connectivity index (χ3n) is 3.50. The van der Waals surface area contributed by atoms with Crippen LogP contribution in [0.3, 0.4) is 0 Å². The van der Waals surface area contributed by atoms with E-state index in [9.17, 15) is 5.11 Å². The van der Waals surface area contributed by atoms with Crippen LogP contribution in [0.2, 0.25) is 0 Å². The summed E-state index contributed by atoms with van der Waals surface area (Å²) in [6.45, 7) is 0. The number of nitrogens with one attached hydrogen (secondary N) is 2. The Labute approximate surface area is 120 Å². The van der Waals surface area contributed by atoms with E-state index in [1.165, 1.54) is 0 Å². The molecule has 21 heavy (non-hydrogen) atoms. The molecule has 0 unspecified atom stereocenters. The number of aromatic nitrogens is 4. The van der Waals surface area contributed by atoms with E-state index in [2.05, 4.69) is 26.0 Å². The number of aromatic hydroxyl groups is 1. The fourth-order valence-electron chi connectivity index (χ4n) is 2.44. The molecular weight excluding hydrogens is 264 g/mol. The second-order valence-electron chi connectivity index (χ2n) is 4.82. The van der Waals surface area contributed by atoms with Crippen LogP contribution in [0.5, 0.6) is 5.75 Å². The maximum atomic E-state index is 9.40. The summed E-state index contributed by atoms with van der Waals surface area (Å²) < 4.78 is 0. The number of hydrogen-bond acceptors (Lipinski definition) is 3. The number of nitrogens with zero attached hydrogens (tertiary/aromatic N) is 2. The number of phenols is 1. The van der Waals surface area contributed by atoms with Crippen molar-refractivity contribution in [1.29, 1.82) is 0 Å². The number of fused-ring (bicyclic) bond motifs is 1. The minimum atomic E-state index is 0.258. The van der Waals surface area contributed by atoms with Crippen LogP contribution in [-0.4, -0.2) is 25.0 Å². The van der Waals surface area contributed by atoms with E-state index in [1.54, 1.807) is 24.7 Å². The second-order valence-corrected chi connectivity index (χ2v) is 4.82. The highest BCUT2D eigenvalue weighted by Crippen LogP contribution is 2.31. The number of hydrogen-bond donors (Lipinski definition) is 3. The Morgan fingerprint density at radius 1 is 0.952 bits per heavy atom. The first-order valence-electron chi connectivity index (χ1n) is 6.57. The quantitative estimate of drug-likeness (QED) is 0.525. The monoisotopic (exact) mass is 276 g/mol. The van der Waals surface area contributed by atoms with Crippen LogP contribution in [-0.2, 0) is 0 Å². The predicted octanol–water partition coefficient (Wildman–Crippen LogP) is 3.33. The molecule has 0 atom stereocenters. The SMILES string of the molecule is Oc1ccc(-c2c[nH]c3ncc(-c4c[nH]cn4)cc23)cc1. The van der Waals surface area contributed by atoms with Gasteiger partial charge in [0.15, 0.2) is 0 Å². The van der Waals surface area contributed by atoms with Crippen molar-refractivity contribution in [2.45, 2.75) is 0 Å². The Balaban J connectivity index is 1.90. The van der Waals surface area contributed by atoms with E-state index in [0.29, 0.717) is 0 Å². The van der Waals surface area contributed by atoms with Crippen LogP contribution >= 0.6 is 0 Å². The topological polar surface area (TPSA) is 77.6 Å². The standard InChI is InChI=1S/C16H12N4O/c21-12-3-1-10(2-4-12)14-7-19-16-13(14)5-11(6-18-16)15-8-17-9-20-15/h1-9,21H,(H,17,20)(H,18,19). The molecule has 0 spiro atoms. The molecular formula is C16H12N4O. The van der Waals surface area contributed by atoms with Crippen LogP contribution in [0.25, 0.3) is 33.4 Å². The molecule has 0 fully saturated rings. The lowest BCUT2D eigenvalue weighted by molar-refractivity contribution is 0.475. The Bertz CT molecular complexity index is 892. The van der Waals surface area contributed by atoms with E-state index in [1.807, 2.05) is 24.5 Å². The lowest BCUT2D eigenvalue weighted by atomic mass is 10.0. The van der Waals surface area contributed by atoms with Gasteiger partial charge in [0.1, 0.15) is 11.4 Å². The minimum Gasteiger partial charge on any atom is -0.508 e. The summed E-state index contributed by atoms with van der Waals surface area (Å²) in [7, 11) is 0. The van der Waals surface area contributed by atoms with E-state index >= 15 is 0 Å². The summed E-state index contributed by atoms with van der Waals surface area (Å²) in [5.74, 6) is 0.258. The first-order valence-corrected chi connectivity index (χ1v) is 6.57. The summed E-state index contributed by atoms with van der Waals surface area (Å²) in [5.41, 5.74) is 4.73. The van der Waals surface area contributed by atoms with Crippen molar-refractivity contribution in [3.8, 4) is 28.1 Å². The van der Waals surface area contributed by atoms with Gasteiger partial charge in [-0.25, -0.2) is 9.97 Å². The Hall–Kier alpha value is -3.08. The summed E-state index contributed by atoms with van der Waals surface area (Å²) in [4.78, 5) is 14.8. The summed E-state index contributed by atoms with van der Waals surface area (Å²) in [6.07, 6.45) is 7.22. The van der Waals surface area contributed by atoms with Crippen LogP contribution in [0.15, 0.2) is 55.2 Å². The number of H-pyrrole nitrogens is 2. The molecule has 0 saturated carbocycles. The number of imidazole rings is 1. The van der Waals surface area contributed by atoms with E-state index in [0.717, 1.165) is 33.4 Å². The highest BCUT2D eigenvalue weighted by molar-refractivity contribution is 5.95. The molecule has 0 aliphatic heterocycles. The zero-order valence-corrected chi connectivity index (χ0v) is 11.0. The number of benzene rings is 1. The maximum absolute atomic E-state index is 9.40. The highest BCUT2D eigenvalue weighted by atomic mass is 16.3. The fourth-order valence-corrected chi connectivity index (χ4v) is 2.44. The molecule has 5 nitrogen and oxygen atoms in total. The summed E-state index contributed by atoms with van der Waals surface area (Å²) >= 11 is 0. The van der Waals surface area contributed by atoms with Crippen LogP contribution < -0.4 is 0 Å². The molecule has 5 heteroatoms. The smallest absolute Gasteiger partial charge is 0.137 e. The van der Waals surface area contributed by atoms with Gasteiger partial charge in [-0.2, -0.15) is 0 Å². The lowest BCUT2D eigenvalue weighted by Crippen LogP contribution is -1.82. The molecule has 0 radical (unpaired) electrons. The lowest BCUT2D eigenvalue weighted by Gasteiger charge is -2.01. The molecule has 0 saturated heterocycles. The molecule has 0 aliphatic rings.